The Morgan fingerprint density at radius 2 is 1.94 bits per heavy atom. The Hall–Kier alpha value is -1.60. The first-order valence-corrected chi connectivity index (χ1v) is 4.62. The first kappa shape index (κ1) is 13.5. The molecular weight excluding hydrogens is 239 g/mol. The fourth-order valence-corrected chi connectivity index (χ4v) is 0.998. The number of nitrogens with one attached hydrogen (secondary N) is 1. The lowest BCUT2D eigenvalue weighted by Gasteiger charge is -2.06. The normalized spacial score (nSPS) is 10.4. The summed E-state index contributed by atoms with van der Waals surface area (Å²) >= 11 is 0. The van der Waals surface area contributed by atoms with Crippen LogP contribution >= 0.6 is 0 Å². The Bertz CT molecular complexity index is 412. The molecule has 0 saturated carbocycles. The van der Waals surface area contributed by atoms with Gasteiger partial charge in [0.2, 0.25) is 0 Å². The summed E-state index contributed by atoms with van der Waals surface area (Å²) in [4.78, 5) is 15.9. The van der Waals surface area contributed by atoms with Crippen LogP contribution in [0, 0.1) is 17.5 Å². The average Bonchev–Trinajstić information content (AvgIpc) is 2.31. The third-order valence-corrected chi connectivity index (χ3v) is 1.83. The Kier molecular flexibility index (Phi) is 4.92. The number of halogens is 3. The van der Waals surface area contributed by atoms with Gasteiger partial charge in [0.25, 0.3) is 5.91 Å². The van der Waals surface area contributed by atoms with Crippen LogP contribution in [0.4, 0.5) is 13.2 Å². The van der Waals surface area contributed by atoms with Crippen molar-refractivity contribution in [3.8, 4) is 0 Å². The van der Waals surface area contributed by atoms with Crippen molar-refractivity contribution in [1.82, 2.24) is 5.48 Å². The number of hydroxylamine groups is 1. The molecule has 0 aliphatic heterocycles. The maximum atomic E-state index is 13.1. The zero-order valence-electron chi connectivity index (χ0n) is 8.93. The number of carbonyl (C=O) groups is 1. The number of amides is 1. The van der Waals surface area contributed by atoms with E-state index in [-0.39, 0.29) is 13.2 Å². The molecule has 1 amide bonds. The summed E-state index contributed by atoms with van der Waals surface area (Å²) in [6.45, 7) is 0.272. The van der Waals surface area contributed by atoms with E-state index in [4.69, 9.17) is 0 Å². The van der Waals surface area contributed by atoms with Crippen LogP contribution in [-0.4, -0.2) is 26.2 Å². The van der Waals surface area contributed by atoms with Gasteiger partial charge in [0.05, 0.1) is 18.8 Å². The summed E-state index contributed by atoms with van der Waals surface area (Å²) in [5.74, 6) is -5.62. The van der Waals surface area contributed by atoms with Crippen molar-refractivity contribution in [2.45, 2.75) is 0 Å². The average molecular weight is 249 g/mol. The molecule has 0 atom stereocenters. The molecule has 0 spiro atoms. The second-order valence-electron chi connectivity index (χ2n) is 3.00. The van der Waals surface area contributed by atoms with Crippen LogP contribution in [0.1, 0.15) is 10.4 Å². The summed E-state index contributed by atoms with van der Waals surface area (Å²) < 4.78 is 43.1. The molecule has 94 valence electrons. The van der Waals surface area contributed by atoms with E-state index in [1.54, 1.807) is 0 Å². The molecule has 0 radical (unpaired) electrons. The van der Waals surface area contributed by atoms with Crippen molar-refractivity contribution in [1.29, 1.82) is 0 Å². The number of hydrogen-bond donors (Lipinski definition) is 1. The third-order valence-electron chi connectivity index (χ3n) is 1.83. The Balaban J connectivity index is 2.66. The highest BCUT2D eigenvalue weighted by molar-refractivity contribution is 5.93. The van der Waals surface area contributed by atoms with Crippen molar-refractivity contribution in [2.24, 2.45) is 0 Å². The molecule has 1 aromatic rings. The van der Waals surface area contributed by atoms with Crippen molar-refractivity contribution >= 4 is 5.91 Å². The fourth-order valence-electron chi connectivity index (χ4n) is 0.998. The van der Waals surface area contributed by atoms with Gasteiger partial charge < -0.3 is 4.74 Å². The second kappa shape index (κ2) is 6.21. The van der Waals surface area contributed by atoms with Gasteiger partial charge in [-0.3, -0.25) is 9.63 Å². The topological polar surface area (TPSA) is 47.6 Å². The number of carbonyl (C=O) groups excluding carboxylic acids is 1. The van der Waals surface area contributed by atoms with Gasteiger partial charge in [-0.25, -0.2) is 18.7 Å². The van der Waals surface area contributed by atoms with Gasteiger partial charge in [-0.05, 0) is 12.1 Å². The zero-order valence-corrected chi connectivity index (χ0v) is 8.93. The molecule has 1 aromatic carbocycles. The van der Waals surface area contributed by atoms with E-state index in [9.17, 15) is 18.0 Å². The molecule has 0 aliphatic rings. The number of methoxy groups -OCH3 is 1. The van der Waals surface area contributed by atoms with Crippen molar-refractivity contribution in [2.75, 3.05) is 20.3 Å². The summed E-state index contributed by atoms with van der Waals surface area (Å²) in [7, 11) is 1.43. The molecule has 17 heavy (non-hydrogen) atoms. The standard InChI is InChI=1S/C10H10F3NO3/c1-16-4-5-17-14-10(15)6-2-3-7(11)9(13)8(6)12/h2-3H,4-5H2,1H3,(H,14,15). The monoisotopic (exact) mass is 249 g/mol. The molecule has 0 aliphatic carbocycles. The summed E-state index contributed by atoms with van der Waals surface area (Å²) in [6.07, 6.45) is 0. The minimum absolute atomic E-state index is 0.0491. The largest absolute Gasteiger partial charge is 0.382 e. The molecule has 0 heterocycles. The van der Waals surface area contributed by atoms with E-state index in [1.165, 1.54) is 7.11 Å². The maximum Gasteiger partial charge on any atom is 0.277 e. The quantitative estimate of drug-likeness (QED) is 0.487. The smallest absolute Gasteiger partial charge is 0.277 e. The van der Waals surface area contributed by atoms with Crippen molar-refractivity contribution in [3.63, 3.8) is 0 Å². The highest BCUT2D eigenvalue weighted by Gasteiger charge is 2.18. The lowest BCUT2D eigenvalue weighted by atomic mass is 10.2. The van der Waals surface area contributed by atoms with Crippen molar-refractivity contribution in [3.05, 3.63) is 35.1 Å². The first-order chi connectivity index (χ1) is 8.07. The highest BCUT2D eigenvalue weighted by Crippen LogP contribution is 2.14. The molecular formula is C10H10F3NO3. The van der Waals surface area contributed by atoms with Crippen LogP contribution in [0.15, 0.2) is 12.1 Å². The zero-order chi connectivity index (χ0) is 12.8. The molecule has 0 aromatic heterocycles. The molecule has 0 bridgehead atoms. The molecule has 4 nitrogen and oxygen atoms in total. The predicted octanol–water partition coefficient (Wildman–Crippen LogP) is 1.41. The second-order valence-corrected chi connectivity index (χ2v) is 3.00. The van der Waals surface area contributed by atoms with E-state index in [0.29, 0.717) is 6.07 Å². The number of ether oxygens (including phenoxy) is 1. The van der Waals surface area contributed by atoms with Crippen LogP contribution in [0.3, 0.4) is 0 Å². The van der Waals surface area contributed by atoms with Crippen LogP contribution in [0.5, 0.6) is 0 Å². The van der Waals surface area contributed by atoms with Gasteiger partial charge in [0, 0.05) is 7.11 Å². The minimum Gasteiger partial charge on any atom is -0.382 e. The maximum absolute atomic E-state index is 13.1. The van der Waals surface area contributed by atoms with Crippen LogP contribution in [0.25, 0.3) is 0 Å². The molecule has 7 heteroatoms. The number of rotatable bonds is 5. The molecule has 0 fully saturated rings. The van der Waals surface area contributed by atoms with E-state index in [2.05, 4.69) is 9.57 Å². The first-order valence-electron chi connectivity index (χ1n) is 4.62. The van der Waals surface area contributed by atoms with Gasteiger partial charge >= 0.3 is 0 Å². The lowest BCUT2D eigenvalue weighted by Crippen LogP contribution is -2.26. The lowest BCUT2D eigenvalue weighted by molar-refractivity contribution is 0.00859. The van der Waals surface area contributed by atoms with Gasteiger partial charge in [-0.1, -0.05) is 0 Å². The Labute approximate surface area is 95.3 Å². The van der Waals surface area contributed by atoms with Gasteiger partial charge in [0.1, 0.15) is 0 Å². The minimum atomic E-state index is -1.70. The van der Waals surface area contributed by atoms with Gasteiger partial charge in [-0.2, -0.15) is 0 Å². The van der Waals surface area contributed by atoms with Crippen LogP contribution in [-0.2, 0) is 9.57 Å². The predicted molar refractivity (Wildman–Crippen MR) is 51.6 cm³/mol. The fraction of sp³-hybridized carbons (Fsp3) is 0.300. The number of hydrogen-bond acceptors (Lipinski definition) is 3. The molecule has 0 unspecified atom stereocenters. The molecule has 0 saturated heterocycles. The van der Waals surface area contributed by atoms with E-state index < -0.39 is 28.9 Å². The highest BCUT2D eigenvalue weighted by atomic mass is 19.2. The van der Waals surface area contributed by atoms with Gasteiger partial charge in [-0.15, -0.1) is 0 Å². The van der Waals surface area contributed by atoms with Crippen LogP contribution < -0.4 is 5.48 Å². The molecule has 1 N–H and O–H groups in total. The summed E-state index contributed by atoms with van der Waals surface area (Å²) in [5.41, 5.74) is 1.24. The Morgan fingerprint density at radius 1 is 1.24 bits per heavy atom. The Morgan fingerprint density at radius 3 is 2.59 bits per heavy atom. The SMILES string of the molecule is COCCONC(=O)c1ccc(F)c(F)c1F. The summed E-state index contributed by atoms with van der Waals surface area (Å²) in [5, 5.41) is 0. The molecule has 1 rings (SSSR count). The van der Waals surface area contributed by atoms with Crippen molar-refractivity contribution < 1.29 is 27.5 Å². The van der Waals surface area contributed by atoms with Gasteiger partial charge in [0.15, 0.2) is 17.5 Å². The summed E-state index contributed by atoms with van der Waals surface area (Å²) in [6, 6.07) is 1.48. The number of benzene rings is 1. The van der Waals surface area contributed by atoms with E-state index in [1.807, 2.05) is 5.48 Å². The van der Waals surface area contributed by atoms with E-state index >= 15 is 0 Å². The van der Waals surface area contributed by atoms with Crippen LogP contribution in [0.2, 0.25) is 0 Å². The third kappa shape index (κ3) is 3.43. The van der Waals surface area contributed by atoms with E-state index in [0.717, 1.165) is 6.07 Å².